The van der Waals surface area contributed by atoms with Crippen LogP contribution < -0.4 is 10.5 Å². The van der Waals surface area contributed by atoms with Crippen molar-refractivity contribution in [2.75, 3.05) is 0 Å². The van der Waals surface area contributed by atoms with Crippen LogP contribution in [0.25, 0.3) is 0 Å². The molecule has 0 saturated heterocycles. The summed E-state index contributed by atoms with van der Waals surface area (Å²) in [6.45, 7) is 1.84. The van der Waals surface area contributed by atoms with Crippen LogP contribution in [-0.4, -0.2) is 0 Å². The molecule has 0 bridgehead atoms. The molecule has 0 aromatic heterocycles. The van der Waals surface area contributed by atoms with Gasteiger partial charge in [-0.15, -0.1) is 0 Å². The van der Waals surface area contributed by atoms with E-state index in [1.54, 1.807) is 6.07 Å². The number of aryl methyl sites for hydroxylation is 1. The van der Waals surface area contributed by atoms with Crippen LogP contribution in [0.1, 0.15) is 48.6 Å². The molecule has 21 heavy (non-hydrogen) atoms. The van der Waals surface area contributed by atoms with Crippen molar-refractivity contribution >= 4 is 0 Å². The molecule has 1 aliphatic carbocycles. The normalized spacial score (nSPS) is 18.9. The lowest BCUT2D eigenvalue weighted by Gasteiger charge is -2.27. The van der Waals surface area contributed by atoms with E-state index in [-0.39, 0.29) is 18.0 Å². The van der Waals surface area contributed by atoms with Crippen LogP contribution in [0.5, 0.6) is 5.75 Å². The lowest BCUT2D eigenvalue weighted by molar-refractivity contribution is 0.181. The van der Waals surface area contributed by atoms with E-state index in [1.807, 2.05) is 13.0 Å². The molecule has 110 valence electrons. The maximum absolute atomic E-state index is 13.4. The third-order valence-electron chi connectivity index (χ3n) is 4.05. The summed E-state index contributed by atoms with van der Waals surface area (Å²) in [5.74, 6) is 0.409. The first-order valence-corrected chi connectivity index (χ1v) is 7.44. The molecule has 2 N–H and O–H groups in total. The van der Waals surface area contributed by atoms with Crippen molar-refractivity contribution < 1.29 is 9.13 Å². The highest BCUT2D eigenvalue weighted by Gasteiger charge is 2.22. The Morgan fingerprint density at radius 1 is 1.24 bits per heavy atom. The number of benzene rings is 2. The lowest BCUT2D eigenvalue weighted by atomic mass is 9.89. The second kappa shape index (κ2) is 5.86. The van der Waals surface area contributed by atoms with Gasteiger partial charge >= 0.3 is 0 Å². The van der Waals surface area contributed by atoms with E-state index in [0.29, 0.717) is 5.75 Å². The fourth-order valence-corrected chi connectivity index (χ4v) is 2.97. The molecule has 0 heterocycles. The first-order valence-electron chi connectivity index (χ1n) is 7.44. The molecule has 0 saturated carbocycles. The van der Waals surface area contributed by atoms with Gasteiger partial charge in [0.1, 0.15) is 17.7 Å². The highest BCUT2D eigenvalue weighted by Crippen LogP contribution is 2.35. The number of rotatable bonds is 3. The average molecular weight is 285 g/mol. The van der Waals surface area contributed by atoms with Gasteiger partial charge < -0.3 is 10.5 Å². The fourth-order valence-electron chi connectivity index (χ4n) is 2.97. The highest BCUT2D eigenvalue weighted by molar-refractivity contribution is 5.38. The van der Waals surface area contributed by atoms with E-state index in [0.717, 1.165) is 24.8 Å². The summed E-state index contributed by atoms with van der Waals surface area (Å²) >= 11 is 0. The van der Waals surface area contributed by atoms with E-state index >= 15 is 0 Å². The third kappa shape index (κ3) is 2.93. The Labute approximate surface area is 124 Å². The summed E-state index contributed by atoms with van der Waals surface area (Å²) in [4.78, 5) is 0. The van der Waals surface area contributed by atoms with E-state index in [1.165, 1.54) is 23.3 Å². The highest BCUT2D eigenvalue weighted by atomic mass is 19.1. The predicted octanol–water partition coefficient (Wildman–Crippen LogP) is 4.30. The molecule has 2 nitrogen and oxygen atoms in total. The lowest BCUT2D eigenvalue weighted by Crippen LogP contribution is -2.17. The van der Waals surface area contributed by atoms with Crippen LogP contribution >= 0.6 is 0 Å². The first-order chi connectivity index (χ1) is 10.1. The molecular weight excluding hydrogens is 265 g/mol. The molecule has 1 unspecified atom stereocenters. The summed E-state index contributed by atoms with van der Waals surface area (Å²) in [6.07, 6.45) is 3.21. The van der Waals surface area contributed by atoms with Crippen molar-refractivity contribution in [2.45, 2.75) is 38.3 Å². The topological polar surface area (TPSA) is 35.2 Å². The Morgan fingerprint density at radius 2 is 2.05 bits per heavy atom. The average Bonchev–Trinajstić information content (AvgIpc) is 2.49. The van der Waals surface area contributed by atoms with E-state index < -0.39 is 0 Å². The summed E-state index contributed by atoms with van der Waals surface area (Å²) in [6, 6.07) is 12.7. The van der Waals surface area contributed by atoms with Gasteiger partial charge in [-0.1, -0.05) is 24.3 Å². The maximum Gasteiger partial charge on any atom is 0.125 e. The molecule has 0 fully saturated rings. The Balaban J connectivity index is 1.92. The predicted molar refractivity (Wildman–Crippen MR) is 81.8 cm³/mol. The number of ether oxygens (including phenoxy) is 1. The van der Waals surface area contributed by atoms with Gasteiger partial charge in [0.15, 0.2) is 0 Å². The zero-order valence-corrected chi connectivity index (χ0v) is 12.2. The molecule has 0 amide bonds. The molecule has 2 atom stereocenters. The first kappa shape index (κ1) is 14.1. The molecule has 3 rings (SSSR count). The zero-order valence-electron chi connectivity index (χ0n) is 12.2. The van der Waals surface area contributed by atoms with Crippen LogP contribution in [0.2, 0.25) is 0 Å². The summed E-state index contributed by atoms with van der Waals surface area (Å²) in [7, 11) is 0. The summed E-state index contributed by atoms with van der Waals surface area (Å²) in [5.41, 5.74) is 9.24. The quantitative estimate of drug-likeness (QED) is 0.912. The van der Waals surface area contributed by atoms with Crippen LogP contribution in [0, 0.1) is 5.82 Å². The maximum atomic E-state index is 13.4. The Bertz CT molecular complexity index is 639. The van der Waals surface area contributed by atoms with Crippen molar-refractivity contribution in [2.24, 2.45) is 5.73 Å². The van der Waals surface area contributed by atoms with Gasteiger partial charge in [-0.3, -0.25) is 0 Å². The monoisotopic (exact) mass is 285 g/mol. The second-order valence-electron chi connectivity index (χ2n) is 5.67. The number of halogens is 1. The summed E-state index contributed by atoms with van der Waals surface area (Å²) in [5, 5.41) is 0. The van der Waals surface area contributed by atoms with Crippen molar-refractivity contribution in [3.63, 3.8) is 0 Å². The largest absolute Gasteiger partial charge is 0.485 e. The van der Waals surface area contributed by atoms with Crippen LogP contribution in [0.4, 0.5) is 4.39 Å². The van der Waals surface area contributed by atoms with Gasteiger partial charge in [0.05, 0.1) is 0 Å². The number of fused-ring (bicyclic) bond motifs is 1. The van der Waals surface area contributed by atoms with Crippen molar-refractivity contribution in [3.05, 3.63) is 65.0 Å². The van der Waals surface area contributed by atoms with Gasteiger partial charge in [-0.2, -0.15) is 0 Å². The zero-order chi connectivity index (χ0) is 14.8. The second-order valence-corrected chi connectivity index (χ2v) is 5.67. The molecule has 3 heteroatoms. The Hall–Kier alpha value is -1.87. The van der Waals surface area contributed by atoms with E-state index in [9.17, 15) is 4.39 Å². The number of nitrogens with two attached hydrogens (primary N) is 1. The van der Waals surface area contributed by atoms with Gasteiger partial charge in [-0.25, -0.2) is 4.39 Å². The Morgan fingerprint density at radius 3 is 2.86 bits per heavy atom. The van der Waals surface area contributed by atoms with Crippen LogP contribution in [0.15, 0.2) is 42.5 Å². The van der Waals surface area contributed by atoms with Crippen LogP contribution in [0.3, 0.4) is 0 Å². The van der Waals surface area contributed by atoms with E-state index in [4.69, 9.17) is 10.5 Å². The minimum absolute atomic E-state index is 0.0258. The van der Waals surface area contributed by atoms with Crippen molar-refractivity contribution in [3.8, 4) is 5.75 Å². The minimum Gasteiger partial charge on any atom is -0.485 e. The molecular formula is C18H20FNO. The minimum atomic E-state index is -0.279. The van der Waals surface area contributed by atoms with Crippen molar-refractivity contribution in [1.82, 2.24) is 0 Å². The SMILES string of the molecule is C[C@H](N)c1cc(F)ccc1OC1CCCc2ccccc21. The van der Waals surface area contributed by atoms with Gasteiger partial charge in [-0.05, 0) is 55.5 Å². The molecule has 0 radical (unpaired) electrons. The smallest absolute Gasteiger partial charge is 0.125 e. The molecule has 1 aliphatic rings. The molecule has 0 spiro atoms. The van der Waals surface area contributed by atoms with Gasteiger partial charge in [0.2, 0.25) is 0 Å². The number of hydrogen-bond donors (Lipinski definition) is 1. The van der Waals surface area contributed by atoms with Gasteiger partial charge in [0, 0.05) is 11.6 Å². The van der Waals surface area contributed by atoms with E-state index in [2.05, 4.69) is 18.2 Å². The Kier molecular flexibility index (Phi) is 3.93. The van der Waals surface area contributed by atoms with Crippen molar-refractivity contribution in [1.29, 1.82) is 0 Å². The van der Waals surface area contributed by atoms with Gasteiger partial charge in [0.25, 0.3) is 0 Å². The van der Waals surface area contributed by atoms with Crippen LogP contribution in [-0.2, 0) is 6.42 Å². The fraction of sp³-hybridized carbons (Fsp3) is 0.333. The standard InChI is InChI=1S/C18H20FNO/c1-12(20)16-11-14(19)9-10-18(16)21-17-8-4-6-13-5-2-3-7-15(13)17/h2-3,5,7,9-12,17H,4,6,8,20H2,1H3/t12-,17?/m0/s1. The number of hydrogen-bond acceptors (Lipinski definition) is 2. The molecule has 2 aromatic carbocycles. The molecule has 2 aromatic rings. The molecule has 0 aliphatic heterocycles. The third-order valence-corrected chi connectivity index (χ3v) is 4.05. The summed E-state index contributed by atoms with van der Waals surface area (Å²) < 4.78 is 19.6.